The summed E-state index contributed by atoms with van der Waals surface area (Å²) in [4.78, 5) is 12.7. The molecular formula is C24H32N2O2. The molecule has 1 amide bonds. The van der Waals surface area contributed by atoms with E-state index in [2.05, 4.69) is 38.3 Å². The largest absolute Gasteiger partial charge is 0.457 e. The molecule has 2 aromatic carbocycles. The third-order valence-corrected chi connectivity index (χ3v) is 5.27. The van der Waals surface area contributed by atoms with Crippen molar-refractivity contribution < 1.29 is 9.53 Å². The van der Waals surface area contributed by atoms with Crippen LogP contribution in [-0.2, 0) is 0 Å². The molecule has 1 aliphatic rings. The number of ether oxygens (including phenoxy) is 1. The summed E-state index contributed by atoms with van der Waals surface area (Å²) in [6.07, 6.45) is 1.83. The van der Waals surface area contributed by atoms with Gasteiger partial charge >= 0.3 is 0 Å². The van der Waals surface area contributed by atoms with Crippen LogP contribution in [0.15, 0.2) is 42.5 Å². The van der Waals surface area contributed by atoms with Gasteiger partial charge in [0.15, 0.2) is 0 Å². The fourth-order valence-corrected chi connectivity index (χ4v) is 4.45. The number of amides is 1. The maximum atomic E-state index is 12.7. The lowest BCUT2D eigenvalue weighted by molar-refractivity contribution is 0.0873. The number of carbonyl (C=O) groups is 1. The van der Waals surface area contributed by atoms with Gasteiger partial charge in [0.05, 0.1) is 0 Å². The molecular weight excluding hydrogens is 348 g/mol. The summed E-state index contributed by atoms with van der Waals surface area (Å²) in [5.74, 6) is 1.58. The summed E-state index contributed by atoms with van der Waals surface area (Å²) >= 11 is 0. The molecule has 0 aliphatic carbocycles. The van der Waals surface area contributed by atoms with Gasteiger partial charge in [0.25, 0.3) is 5.91 Å². The van der Waals surface area contributed by atoms with Gasteiger partial charge < -0.3 is 15.4 Å². The van der Waals surface area contributed by atoms with Crippen LogP contribution in [-0.4, -0.2) is 23.0 Å². The summed E-state index contributed by atoms with van der Waals surface area (Å²) < 4.78 is 6.04. The van der Waals surface area contributed by atoms with Crippen LogP contribution in [0.2, 0.25) is 0 Å². The first-order valence-corrected chi connectivity index (χ1v) is 9.99. The van der Waals surface area contributed by atoms with Crippen LogP contribution in [0.4, 0.5) is 0 Å². The Kier molecular flexibility index (Phi) is 5.53. The highest BCUT2D eigenvalue weighted by Gasteiger charge is 2.38. The maximum absolute atomic E-state index is 12.7. The Morgan fingerprint density at radius 3 is 2.04 bits per heavy atom. The Labute approximate surface area is 168 Å². The van der Waals surface area contributed by atoms with Crippen molar-refractivity contribution in [1.82, 2.24) is 10.6 Å². The van der Waals surface area contributed by atoms with E-state index in [0.29, 0.717) is 5.56 Å². The first kappa shape index (κ1) is 20.4. The highest BCUT2D eigenvalue weighted by molar-refractivity contribution is 5.94. The fourth-order valence-electron chi connectivity index (χ4n) is 4.45. The van der Waals surface area contributed by atoms with Crippen LogP contribution >= 0.6 is 0 Å². The van der Waals surface area contributed by atoms with Crippen molar-refractivity contribution in [3.8, 4) is 11.5 Å². The van der Waals surface area contributed by atoms with Crippen LogP contribution in [0, 0.1) is 13.8 Å². The Morgan fingerprint density at radius 1 is 0.964 bits per heavy atom. The van der Waals surface area contributed by atoms with Crippen molar-refractivity contribution in [3.05, 3.63) is 59.2 Å². The van der Waals surface area contributed by atoms with Gasteiger partial charge in [-0.05, 0) is 89.8 Å². The fraction of sp³-hybridized carbons (Fsp3) is 0.458. The predicted octanol–water partition coefficient (Wildman–Crippen LogP) is 5.13. The monoisotopic (exact) mass is 380 g/mol. The van der Waals surface area contributed by atoms with E-state index < -0.39 is 0 Å². The van der Waals surface area contributed by atoms with Crippen LogP contribution in [0.5, 0.6) is 11.5 Å². The molecule has 1 aliphatic heterocycles. The molecule has 1 heterocycles. The van der Waals surface area contributed by atoms with Gasteiger partial charge in [-0.1, -0.05) is 18.2 Å². The lowest BCUT2D eigenvalue weighted by Gasteiger charge is -2.46. The minimum absolute atomic E-state index is 0.00278. The molecule has 0 aromatic heterocycles. The molecule has 0 bridgehead atoms. The van der Waals surface area contributed by atoms with Gasteiger partial charge in [-0.3, -0.25) is 4.79 Å². The highest BCUT2D eigenvalue weighted by Crippen LogP contribution is 2.30. The zero-order chi connectivity index (χ0) is 20.5. The molecule has 1 fully saturated rings. The van der Waals surface area contributed by atoms with E-state index in [1.54, 1.807) is 0 Å². The molecule has 4 heteroatoms. The van der Waals surface area contributed by atoms with Crippen LogP contribution < -0.4 is 15.4 Å². The Bertz CT molecular complexity index is 817. The topological polar surface area (TPSA) is 50.4 Å². The van der Waals surface area contributed by atoms with Crippen molar-refractivity contribution in [2.24, 2.45) is 0 Å². The summed E-state index contributed by atoms with van der Waals surface area (Å²) in [5, 5.41) is 6.86. The molecule has 4 nitrogen and oxygen atoms in total. The number of rotatable bonds is 4. The van der Waals surface area contributed by atoms with Crippen molar-refractivity contribution >= 4 is 5.91 Å². The first-order valence-electron chi connectivity index (χ1n) is 9.99. The normalized spacial score (nSPS) is 18.5. The van der Waals surface area contributed by atoms with Crippen LogP contribution in [0.1, 0.15) is 62.0 Å². The zero-order valence-electron chi connectivity index (χ0n) is 17.8. The molecule has 150 valence electrons. The standard InChI is InChI=1S/C24H32N2O2/c1-16-8-7-9-17(2)21(16)28-20-12-10-18(11-13-20)22(27)25-19-14-23(3,4)26-24(5,6)15-19/h7-13,19,26H,14-15H2,1-6H3,(H,25,27). The number of piperidine rings is 1. The second-order valence-electron chi connectivity index (χ2n) is 9.32. The molecule has 0 radical (unpaired) electrons. The van der Waals surface area contributed by atoms with E-state index in [0.717, 1.165) is 35.5 Å². The Hall–Kier alpha value is -2.33. The second kappa shape index (κ2) is 7.59. The highest BCUT2D eigenvalue weighted by atomic mass is 16.5. The summed E-state index contributed by atoms with van der Waals surface area (Å²) in [6, 6.07) is 13.6. The molecule has 28 heavy (non-hydrogen) atoms. The van der Waals surface area contributed by atoms with Gasteiger partial charge in [0.1, 0.15) is 11.5 Å². The number of carbonyl (C=O) groups excluding carboxylic acids is 1. The molecule has 0 saturated carbocycles. The average Bonchev–Trinajstić information content (AvgIpc) is 2.56. The quantitative estimate of drug-likeness (QED) is 0.773. The van der Waals surface area contributed by atoms with E-state index in [1.807, 2.05) is 56.3 Å². The third kappa shape index (κ3) is 4.93. The Balaban J connectivity index is 1.67. The van der Waals surface area contributed by atoms with Crippen molar-refractivity contribution in [1.29, 1.82) is 0 Å². The lowest BCUT2D eigenvalue weighted by Crippen LogP contribution is -2.62. The molecule has 2 aromatic rings. The molecule has 3 rings (SSSR count). The van der Waals surface area contributed by atoms with E-state index in [1.165, 1.54) is 0 Å². The average molecular weight is 381 g/mol. The minimum Gasteiger partial charge on any atom is -0.457 e. The van der Waals surface area contributed by atoms with E-state index in [9.17, 15) is 4.79 Å². The SMILES string of the molecule is Cc1cccc(C)c1Oc1ccc(C(=O)NC2CC(C)(C)NC(C)(C)C2)cc1. The second-order valence-corrected chi connectivity index (χ2v) is 9.32. The van der Waals surface area contributed by atoms with Gasteiger partial charge in [0, 0.05) is 22.7 Å². The zero-order valence-corrected chi connectivity index (χ0v) is 17.8. The Morgan fingerprint density at radius 2 is 1.50 bits per heavy atom. The number of hydrogen-bond donors (Lipinski definition) is 2. The van der Waals surface area contributed by atoms with Crippen molar-refractivity contribution in [2.75, 3.05) is 0 Å². The summed E-state index contributed by atoms with van der Waals surface area (Å²) in [7, 11) is 0. The number of hydrogen-bond acceptors (Lipinski definition) is 3. The molecule has 0 spiro atoms. The number of aryl methyl sites for hydroxylation is 2. The molecule has 0 atom stereocenters. The van der Waals surface area contributed by atoms with Gasteiger partial charge in [-0.2, -0.15) is 0 Å². The lowest BCUT2D eigenvalue weighted by atomic mass is 9.79. The molecule has 1 saturated heterocycles. The minimum atomic E-state index is -0.0304. The van der Waals surface area contributed by atoms with Crippen LogP contribution in [0.25, 0.3) is 0 Å². The molecule has 0 unspecified atom stereocenters. The summed E-state index contributed by atoms with van der Waals surface area (Å²) in [5.41, 5.74) is 2.85. The predicted molar refractivity (Wildman–Crippen MR) is 114 cm³/mol. The van der Waals surface area contributed by atoms with Crippen molar-refractivity contribution in [3.63, 3.8) is 0 Å². The number of benzene rings is 2. The van der Waals surface area contributed by atoms with E-state index >= 15 is 0 Å². The molecule has 2 N–H and O–H groups in total. The van der Waals surface area contributed by atoms with Gasteiger partial charge in [-0.25, -0.2) is 0 Å². The van der Waals surface area contributed by atoms with Gasteiger partial charge in [-0.15, -0.1) is 0 Å². The smallest absolute Gasteiger partial charge is 0.251 e. The number of nitrogens with one attached hydrogen (secondary N) is 2. The van der Waals surface area contributed by atoms with Crippen molar-refractivity contribution in [2.45, 2.75) is 71.5 Å². The van der Waals surface area contributed by atoms with E-state index in [-0.39, 0.29) is 23.0 Å². The first-order chi connectivity index (χ1) is 13.0. The third-order valence-electron chi connectivity index (χ3n) is 5.27. The van der Waals surface area contributed by atoms with Crippen LogP contribution in [0.3, 0.4) is 0 Å². The maximum Gasteiger partial charge on any atom is 0.251 e. The summed E-state index contributed by atoms with van der Waals surface area (Å²) in [6.45, 7) is 12.8. The van der Waals surface area contributed by atoms with E-state index in [4.69, 9.17) is 4.74 Å². The van der Waals surface area contributed by atoms with Gasteiger partial charge in [0.2, 0.25) is 0 Å². The number of para-hydroxylation sites is 1.